The zero-order valence-corrected chi connectivity index (χ0v) is 10.6. The van der Waals surface area contributed by atoms with E-state index in [0.29, 0.717) is 5.88 Å². The number of hydrogen-bond donors (Lipinski definition) is 0. The minimum absolute atomic E-state index is 0.302. The SMILES string of the molecule is [Si]C(CCl)(c1ccccc1)c1ccccc1. The Morgan fingerprint density at radius 1 is 0.812 bits per heavy atom. The Morgan fingerprint density at radius 3 is 1.50 bits per heavy atom. The fourth-order valence-electron chi connectivity index (χ4n) is 1.77. The summed E-state index contributed by atoms with van der Waals surface area (Å²) in [4.78, 5) is 0. The van der Waals surface area contributed by atoms with E-state index in [2.05, 4.69) is 34.5 Å². The maximum Gasteiger partial charge on any atom is 0.0460 e. The van der Waals surface area contributed by atoms with Crippen LogP contribution in [0.3, 0.4) is 0 Å². The topological polar surface area (TPSA) is 0 Å². The maximum atomic E-state index is 6.13. The third-order valence-corrected chi connectivity index (χ3v) is 4.11. The van der Waals surface area contributed by atoms with Crippen molar-refractivity contribution < 1.29 is 0 Å². The van der Waals surface area contributed by atoms with E-state index in [0.717, 1.165) is 0 Å². The normalized spacial score (nSPS) is 11.4. The number of benzene rings is 2. The first-order valence-corrected chi connectivity index (χ1v) is 6.23. The molecular formula is C14H12ClSi. The zero-order valence-electron chi connectivity index (χ0n) is 8.86. The van der Waals surface area contributed by atoms with Crippen molar-refractivity contribution in [3.05, 3.63) is 71.8 Å². The molecule has 0 atom stereocenters. The second kappa shape index (κ2) is 4.85. The first kappa shape index (κ1) is 11.4. The van der Waals surface area contributed by atoms with Gasteiger partial charge < -0.3 is 0 Å². The van der Waals surface area contributed by atoms with Gasteiger partial charge in [0.05, 0.1) is 0 Å². The number of rotatable bonds is 3. The van der Waals surface area contributed by atoms with Gasteiger partial charge in [-0.3, -0.25) is 0 Å². The third kappa shape index (κ3) is 2.06. The molecule has 0 aliphatic heterocycles. The smallest absolute Gasteiger partial charge is 0.0460 e. The molecule has 0 aliphatic carbocycles. The van der Waals surface area contributed by atoms with Gasteiger partial charge in [-0.05, 0) is 11.1 Å². The summed E-state index contributed by atoms with van der Waals surface area (Å²) in [5.41, 5.74) is 2.35. The minimum Gasteiger partial charge on any atom is -0.126 e. The molecule has 79 valence electrons. The highest BCUT2D eigenvalue weighted by molar-refractivity contribution is 6.28. The molecule has 2 rings (SSSR count). The monoisotopic (exact) mass is 243 g/mol. The summed E-state index contributed by atoms with van der Waals surface area (Å²) in [7, 11) is 3.83. The minimum atomic E-state index is -0.302. The molecule has 0 bridgehead atoms. The Kier molecular flexibility index (Phi) is 3.47. The summed E-state index contributed by atoms with van der Waals surface area (Å²) >= 11 is 6.13. The lowest BCUT2D eigenvalue weighted by atomic mass is 9.91. The van der Waals surface area contributed by atoms with E-state index in [4.69, 9.17) is 11.6 Å². The van der Waals surface area contributed by atoms with E-state index < -0.39 is 0 Å². The number of alkyl halides is 1. The van der Waals surface area contributed by atoms with Crippen molar-refractivity contribution in [2.24, 2.45) is 0 Å². The van der Waals surface area contributed by atoms with Gasteiger partial charge in [-0.1, -0.05) is 60.7 Å². The molecule has 16 heavy (non-hydrogen) atoms. The number of hydrogen-bond acceptors (Lipinski definition) is 0. The molecule has 2 heteroatoms. The highest BCUT2D eigenvalue weighted by Crippen LogP contribution is 2.29. The van der Waals surface area contributed by atoms with Gasteiger partial charge >= 0.3 is 0 Å². The van der Waals surface area contributed by atoms with Crippen molar-refractivity contribution in [1.29, 1.82) is 0 Å². The van der Waals surface area contributed by atoms with Crippen LogP contribution in [0.2, 0.25) is 0 Å². The third-order valence-electron chi connectivity index (χ3n) is 2.73. The van der Waals surface area contributed by atoms with Crippen LogP contribution in [0.15, 0.2) is 60.7 Å². The first-order valence-electron chi connectivity index (χ1n) is 5.19. The van der Waals surface area contributed by atoms with Gasteiger partial charge in [-0.25, -0.2) is 0 Å². The van der Waals surface area contributed by atoms with Gasteiger partial charge in [0.2, 0.25) is 0 Å². The second-order valence-corrected chi connectivity index (χ2v) is 4.89. The summed E-state index contributed by atoms with van der Waals surface area (Å²) in [6, 6.07) is 20.5. The quantitative estimate of drug-likeness (QED) is 0.573. The Balaban J connectivity index is 2.49. The molecular weight excluding hydrogens is 232 g/mol. The Hall–Kier alpha value is -1.05. The summed E-state index contributed by atoms with van der Waals surface area (Å²) in [6.45, 7) is 0. The highest BCUT2D eigenvalue weighted by atomic mass is 35.5. The van der Waals surface area contributed by atoms with Gasteiger partial charge in [0.1, 0.15) is 0 Å². The molecule has 0 spiro atoms. The predicted molar refractivity (Wildman–Crippen MR) is 70.1 cm³/mol. The van der Waals surface area contributed by atoms with Gasteiger partial charge in [-0.15, -0.1) is 11.6 Å². The summed E-state index contributed by atoms with van der Waals surface area (Å²) in [6.07, 6.45) is 0. The largest absolute Gasteiger partial charge is 0.126 e. The summed E-state index contributed by atoms with van der Waals surface area (Å²) in [5, 5.41) is -0.302. The molecule has 0 amide bonds. The van der Waals surface area contributed by atoms with Gasteiger partial charge in [-0.2, -0.15) is 0 Å². The van der Waals surface area contributed by atoms with Crippen molar-refractivity contribution in [3.8, 4) is 0 Å². The molecule has 0 heterocycles. The van der Waals surface area contributed by atoms with Crippen molar-refractivity contribution >= 4 is 21.8 Å². The van der Waals surface area contributed by atoms with Crippen LogP contribution < -0.4 is 0 Å². The van der Waals surface area contributed by atoms with Crippen molar-refractivity contribution in [3.63, 3.8) is 0 Å². The highest BCUT2D eigenvalue weighted by Gasteiger charge is 2.27. The lowest BCUT2D eigenvalue weighted by Crippen LogP contribution is -2.30. The molecule has 0 N–H and O–H groups in total. The van der Waals surface area contributed by atoms with Crippen LogP contribution in [0.25, 0.3) is 0 Å². The van der Waals surface area contributed by atoms with Crippen LogP contribution in [-0.2, 0) is 5.04 Å². The standard InChI is InChI=1S/C14H12ClSi/c15-11-14(16,12-7-3-1-4-8-12)13-9-5-2-6-10-13/h1-10H,11H2. The molecule has 2 aromatic carbocycles. The molecule has 0 aromatic heterocycles. The van der Waals surface area contributed by atoms with Gasteiger partial charge in [0.25, 0.3) is 0 Å². The van der Waals surface area contributed by atoms with Crippen LogP contribution in [-0.4, -0.2) is 16.1 Å². The molecule has 3 radical (unpaired) electrons. The molecule has 0 unspecified atom stereocenters. The lowest BCUT2D eigenvalue weighted by molar-refractivity contribution is 0.829. The summed E-state index contributed by atoms with van der Waals surface area (Å²) < 4.78 is 0. The van der Waals surface area contributed by atoms with Crippen molar-refractivity contribution in [1.82, 2.24) is 0 Å². The maximum absolute atomic E-state index is 6.13. The zero-order chi connectivity index (χ0) is 11.4. The molecule has 0 fully saturated rings. The first-order chi connectivity index (χ1) is 7.77. The molecule has 0 aliphatic rings. The van der Waals surface area contributed by atoms with E-state index in [1.54, 1.807) is 0 Å². The Morgan fingerprint density at radius 2 is 1.19 bits per heavy atom. The average Bonchev–Trinajstić information content (AvgIpc) is 2.40. The van der Waals surface area contributed by atoms with E-state index in [-0.39, 0.29) is 5.04 Å². The van der Waals surface area contributed by atoms with E-state index in [1.165, 1.54) is 11.1 Å². The van der Waals surface area contributed by atoms with Crippen molar-refractivity contribution in [2.75, 3.05) is 5.88 Å². The van der Waals surface area contributed by atoms with E-state index in [9.17, 15) is 0 Å². The van der Waals surface area contributed by atoms with E-state index >= 15 is 0 Å². The average molecular weight is 244 g/mol. The fraction of sp³-hybridized carbons (Fsp3) is 0.143. The summed E-state index contributed by atoms with van der Waals surface area (Å²) in [5.74, 6) is 0.498. The van der Waals surface area contributed by atoms with Gasteiger partial charge in [0.15, 0.2) is 0 Å². The molecule has 0 nitrogen and oxygen atoms in total. The van der Waals surface area contributed by atoms with Crippen LogP contribution in [0.4, 0.5) is 0 Å². The Labute approximate surface area is 105 Å². The lowest BCUT2D eigenvalue weighted by Gasteiger charge is -2.28. The fourth-order valence-corrected chi connectivity index (χ4v) is 2.41. The molecule has 0 saturated heterocycles. The van der Waals surface area contributed by atoms with E-state index in [1.807, 2.05) is 36.4 Å². The number of halogens is 1. The van der Waals surface area contributed by atoms with Crippen molar-refractivity contribution in [2.45, 2.75) is 5.04 Å². The van der Waals surface area contributed by atoms with Crippen LogP contribution in [0, 0.1) is 0 Å². The second-order valence-electron chi connectivity index (χ2n) is 3.77. The van der Waals surface area contributed by atoms with Crippen LogP contribution >= 0.6 is 11.6 Å². The van der Waals surface area contributed by atoms with Crippen LogP contribution in [0.5, 0.6) is 0 Å². The Bertz CT molecular complexity index is 399. The van der Waals surface area contributed by atoms with Gasteiger partial charge in [0, 0.05) is 21.2 Å². The predicted octanol–water partition coefficient (Wildman–Crippen LogP) is 3.34. The molecule has 0 saturated carbocycles. The molecule has 2 aromatic rings. The van der Waals surface area contributed by atoms with Crippen LogP contribution in [0.1, 0.15) is 11.1 Å².